The summed E-state index contributed by atoms with van der Waals surface area (Å²) in [5.74, 6) is 0.754. The molecule has 0 aliphatic carbocycles. The molecule has 1 unspecified atom stereocenters. The van der Waals surface area contributed by atoms with Gasteiger partial charge in [-0.3, -0.25) is 4.98 Å². The van der Waals surface area contributed by atoms with E-state index in [2.05, 4.69) is 20.2 Å². The number of alkyl halides is 3. The number of anilines is 2. The molecule has 1 N–H and O–H groups in total. The number of carbonyl (C=O) groups excluding carboxylic acids is 1. The molecule has 150 valence electrons. The molecule has 8 heteroatoms. The lowest BCUT2D eigenvalue weighted by atomic mass is 9.85. The number of halogens is 3. The predicted molar refractivity (Wildman–Crippen MR) is 101 cm³/mol. The largest absolute Gasteiger partial charge is 0.416 e. The molecule has 2 heterocycles. The highest BCUT2D eigenvalue weighted by molar-refractivity contribution is 5.57. The highest BCUT2D eigenvalue weighted by Crippen LogP contribution is 2.32. The average molecular weight is 392 g/mol. The minimum absolute atomic E-state index is 0.185. The summed E-state index contributed by atoms with van der Waals surface area (Å²) in [7, 11) is 0. The minimum Gasteiger partial charge on any atom is -0.384 e. The van der Waals surface area contributed by atoms with Crippen LogP contribution in [0.2, 0.25) is 0 Å². The fraction of sp³-hybridized carbons (Fsp3) is 0.450. The molecule has 1 aromatic heterocycles. The van der Waals surface area contributed by atoms with Gasteiger partial charge >= 0.3 is 6.18 Å². The third-order valence-electron chi connectivity index (χ3n) is 5.14. The quantitative estimate of drug-likeness (QED) is 0.755. The zero-order valence-electron chi connectivity index (χ0n) is 15.6. The van der Waals surface area contributed by atoms with Crippen LogP contribution in [-0.2, 0) is 11.0 Å². The maximum Gasteiger partial charge on any atom is 0.416 e. The van der Waals surface area contributed by atoms with Crippen LogP contribution in [0, 0.1) is 18.8 Å². The van der Waals surface area contributed by atoms with E-state index < -0.39 is 11.7 Å². The number of benzene rings is 1. The first kappa shape index (κ1) is 20.1. The van der Waals surface area contributed by atoms with Crippen molar-refractivity contribution >= 4 is 17.8 Å². The number of rotatable bonds is 6. The molecule has 5 nitrogen and oxygen atoms in total. The Kier molecular flexibility index (Phi) is 6.16. The van der Waals surface area contributed by atoms with Crippen molar-refractivity contribution in [3.63, 3.8) is 0 Å². The number of aldehydes is 1. The zero-order chi connectivity index (χ0) is 20.1. The second-order valence-corrected chi connectivity index (χ2v) is 7.15. The number of aromatic nitrogens is 2. The molecule has 1 saturated heterocycles. The van der Waals surface area contributed by atoms with Crippen LogP contribution < -0.4 is 10.2 Å². The predicted octanol–water partition coefficient (Wildman–Crippen LogP) is 3.95. The van der Waals surface area contributed by atoms with Crippen molar-refractivity contribution in [1.29, 1.82) is 0 Å². The monoisotopic (exact) mass is 392 g/mol. The van der Waals surface area contributed by atoms with Crippen molar-refractivity contribution < 1.29 is 18.0 Å². The van der Waals surface area contributed by atoms with Gasteiger partial charge in [-0.05, 0) is 49.4 Å². The van der Waals surface area contributed by atoms with Crippen molar-refractivity contribution in [1.82, 2.24) is 9.97 Å². The molecule has 1 aliphatic heterocycles. The number of hydrogen-bond acceptors (Lipinski definition) is 5. The van der Waals surface area contributed by atoms with Crippen LogP contribution in [0.1, 0.15) is 24.0 Å². The Hall–Kier alpha value is -2.64. The van der Waals surface area contributed by atoms with E-state index >= 15 is 0 Å². The van der Waals surface area contributed by atoms with Gasteiger partial charge in [-0.15, -0.1) is 0 Å². The maximum atomic E-state index is 13.0. The molecule has 0 radical (unpaired) electrons. The molecule has 0 amide bonds. The van der Waals surface area contributed by atoms with Crippen molar-refractivity contribution in [2.24, 2.45) is 11.8 Å². The molecule has 1 aliphatic rings. The van der Waals surface area contributed by atoms with Gasteiger partial charge in [0.25, 0.3) is 0 Å². The van der Waals surface area contributed by atoms with Crippen LogP contribution in [0.15, 0.2) is 36.8 Å². The van der Waals surface area contributed by atoms with E-state index in [1.165, 1.54) is 0 Å². The van der Waals surface area contributed by atoms with Gasteiger partial charge in [0.05, 0.1) is 11.8 Å². The number of piperidine rings is 1. The van der Waals surface area contributed by atoms with Crippen LogP contribution >= 0.6 is 0 Å². The summed E-state index contributed by atoms with van der Waals surface area (Å²) in [6.45, 7) is 3.49. The Morgan fingerprint density at radius 1 is 1.25 bits per heavy atom. The summed E-state index contributed by atoms with van der Waals surface area (Å²) < 4.78 is 38.9. The molecular formula is C20H23F3N4O. The summed E-state index contributed by atoms with van der Waals surface area (Å²) in [4.78, 5) is 22.1. The maximum absolute atomic E-state index is 13.0. The first-order chi connectivity index (χ1) is 13.4. The van der Waals surface area contributed by atoms with E-state index in [1.54, 1.807) is 31.6 Å². The van der Waals surface area contributed by atoms with E-state index in [0.717, 1.165) is 50.2 Å². The standard InChI is InChI=1S/C20H23F3N4O/c1-14-8-17(20(21,22)23)10-18(9-14)26-11-16(13-28)15-2-6-27(7-3-15)19-12-24-4-5-25-19/h4-5,8-10,12-13,15-16,26H,2-3,6-7,11H2,1H3. The smallest absolute Gasteiger partial charge is 0.384 e. The lowest BCUT2D eigenvalue weighted by Crippen LogP contribution is -2.38. The van der Waals surface area contributed by atoms with E-state index in [9.17, 15) is 18.0 Å². The fourth-order valence-corrected chi connectivity index (χ4v) is 3.62. The second kappa shape index (κ2) is 8.58. The van der Waals surface area contributed by atoms with Gasteiger partial charge in [-0.2, -0.15) is 13.2 Å². The minimum atomic E-state index is -4.39. The van der Waals surface area contributed by atoms with E-state index in [0.29, 0.717) is 17.8 Å². The Morgan fingerprint density at radius 2 is 2.00 bits per heavy atom. The normalized spacial score (nSPS) is 16.6. The molecule has 3 rings (SSSR count). The Morgan fingerprint density at radius 3 is 2.61 bits per heavy atom. The summed E-state index contributed by atoms with van der Waals surface area (Å²) in [5, 5.41) is 3.02. The molecule has 28 heavy (non-hydrogen) atoms. The molecule has 0 spiro atoms. The van der Waals surface area contributed by atoms with Crippen LogP contribution in [0.3, 0.4) is 0 Å². The van der Waals surface area contributed by atoms with Crippen molar-refractivity contribution in [2.75, 3.05) is 29.9 Å². The molecule has 2 aromatic rings. The molecule has 1 fully saturated rings. The fourth-order valence-electron chi connectivity index (χ4n) is 3.62. The number of hydrogen-bond donors (Lipinski definition) is 1. The Labute approximate surface area is 162 Å². The van der Waals surface area contributed by atoms with Crippen molar-refractivity contribution in [2.45, 2.75) is 25.9 Å². The molecule has 0 bridgehead atoms. The third kappa shape index (κ3) is 4.99. The molecular weight excluding hydrogens is 369 g/mol. The van der Waals surface area contributed by atoms with Gasteiger partial charge in [0, 0.05) is 43.6 Å². The van der Waals surface area contributed by atoms with Crippen LogP contribution in [0.4, 0.5) is 24.7 Å². The summed E-state index contributed by atoms with van der Waals surface area (Å²) in [5.41, 5.74) is 0.225. The lowest BCUT2D eigenvalue weighted by molar-refractivity contribution is -0.137. The van der Waals surface area contributed by atoms with Gasteiger partial charge in [0.2, 0.25) is 0 Å². The summed E-state index contributed by atoms with van der Waals surface area (Å²) in [6.07, 6.45) is 3.16. The lowest BCUT2D eigenvalue weighted by Gasteiger charge is -2.35. The van der Waals surface area contributed by atoms with Crippen molar-refractivity contribution in [3.8, 4) is 0 Å². The van der Waals surface area contributed by atoms with Gasteiger partial charge in [-0.1, -0.05) is 0 Å². The van der Waals surface area contributed by atoms with Crippen LogP contribution in [0.25, 0.3) is 0 Å². The van der Waals surface area contributed by atoms with Gasteiger partial charge < -0.3 is 15.0 Å². The SMILES string of the molecule is Cc1cc(NCC(C=O)C2CCN(c3cnccn3)CC2)cc(C(F)(F)F)c1. The molecule has 1 aromatic carbocycles. The van der Waals surface area contributed by atoms with E-state index in [-0.39, 0.29) is 11.8 Å². The van der Waals surface area contributed by atoms with E-state index in [1.807, 2.05) is 0 Å². The van der Waals surface area contributed by atoms with Gasteiger partial charge in [0.15, 0.2) is 0 Å². The highest BCUT2D eigenvalue weighted by atomic mass is 19.4. The first-order valence-corrected chi connectivity index (χ1v) is 9.26. The third-order valence-corrected chi connectivity index (χ3v) is 5.14. The number of nitrogens with zero attached hydrogens (tertiary/aromatic N) is 3. The van der Waals surface area contributed by atoms with E-state index in [4.69, 9.17) is 0 Å². The average Bonchev–Trinajstić information content (AvgIpc) is 2.68. The number of aryl methyl sites for hydroxylation is 1. The van der Waals surface area contributed by atoms with Crippen LogP contribution in [0.5, 0.6) is 0 Å². The van der Waals surface area contributed by atoms with Crippen LogP contribution in [-0.4, -0.2) is 35.9 Å². The first-order valence-electron chi connectivity index (χ1n) is 9.26. The van der Waals surface area contributed by atoms with Gasteiger partial charge in [-0.25, -0.2) is 4.98 Å². The second-order valence-electron chi connectivity index (χ2n) is 7.15. The summed E-state index contributed by atoms with van der Waals surface area (Å²) >= 11 is 0. The zero-order valence-corrected chi connectivity index (χ0v) is 15.6. The molecule has 1 atom stereocenters. The number of nitrogens with one attached hydrogen (secondary N) is 1. The Bertz CT molecular complexity index is 790. The van der Waals surface area contributed by atoms with Crippen molar-refractivity contribution in [3.05, 3.63) is 47.9 Å². The summed E-state index contributed by atoms with van der Waals surface area (Å²) in [6, 6.07) is 3.86. The highest BCUT2D eigenvalue weighted by Gasteiger charge is 2.31. The Balaban J connectivity index is 1.58. The van der Waals surface area contributed by atoms with Gasteiger partial charge in [0.1, 0.15) is 12.1 Å². The topological polar surface area (TPSA) is 58.1 Å². The molecule has 0 saturated carbocycles. The number of carbonyl (C=O) groups is 1.